The van der Waals surface area contributed by atoms with Gasteiger partial charge in [0.05, 0.1) is 26.6 Å². The Morgan fingerprint density at radius 3 is 2.67 bits per heavy atom. The van der Waals surface area contributed by atoms with Crippen LogP contribution in [-0.2, 0) is 14.3 Å². The highest BCUT2D eigenvalue weighted by Gasteiger charge is 2.13. The second kappa shape index (κ2) is 8.94. The molecule has 0 N–H and O–H groups in total. The predicted molar refractivity (Wildman–Crippen MR) is 75.4 cm³/mol. The summed E-state index contributed by atoms with van der Waals surface area (Å²) in [5.41, 5.74) is 0. The van der Waals surface area contributed by atoms with Crippen molar-refractivity contribution in [3.05, 3.63) is 30.1 Å². The number of benzene rings is 1. The molecule has 1 amide bonds. The van der Waals surface area contributed by atoms with Gasteiger partial charge in [-0.3, -0.25) is 9.59 Å². The van der Waals surface area contributed by atoms with Gasteiger partial charge in [0.1, 0.15) is 11.6 Å². The van der Waals surface area contributed by atoms with Gasteiger partial charge in [-0.1, -0.05) is 6.07 Å². The van der Waals surface area contributed by atoms with Gasteiger partial charge in [-0.05, 0) is 19.1 Å². The van der Waals surface area contributed by atoms with Gasteiger partial charge >= 0.3 is 5.97 Å². The lowest BCUT2D eigenvalue weighted by atomic mass is 10.3. The summed E-state index contributed by atoms with van der Waals surface area (Å²) in [5, 5.41) is 0. The van der Waals surface area contributed by atoms with Crippen molar-refractivity contribution in [2.45, 2.75) is 19.8 Å². The summed E-state index contributed by atoms with van der Waals surface area (Å²) in [7, 11) is 1.31. The van der Waals surface area contributed by atoms with Gasteiger partial charge < -0.3 is 14.4 Å². The molecule has 0 radical (unpaired) electrons. The number of hydrogen-bond acceptors (Lipinski definition) is 4. The molecule has 0 aliphatic carbocycles. The summed E-state index contributed by atoms with van der Waals surface area (Å²) >= 11 is 0. The third kappa shape index (κ3) is 6.25. The maximum Gasteiger partial charge on any atom is 0.307 e. The second-order valence-corrected chi connectivity index (χ2v) is 4.36. The number of halogens is 1. The van der Waals surface area contributed by atoms with Gasteiger partial charge in [-0.25, -0.2) is 4.39 Å². The molecular formula is C15H20FNO4. The van der Waals surface area contributed by atoms with Crippen LogP contribution >= 0.6 is 0 Å². The first-order valence-corrected chi connectivity index (χ1v) is 6.79. The number of hydrogen-bond donors (Lipinski definition) is 0. The fraction of sp³-hybridized carbons (Fsp3) is 0.467. The Morgan fingerprint density at radius 1 is 1.29 bits per heavy atom. The van der Waals surface area contributed by atoms with Gasteiger partial charge in [0.2, 0.25) is 5.91 Å². The fourth-order valence-electron chi connectivity index (χ4n) is 1.76. The fourth-order valence-corrected chi connectivity index (χ4v) is 1.76. The number of rotatable bonds is 8. The average Bonchev–Trinajstić information content (AvgIpc) is 2.47. The van der Waals surface area contributed by atoms with Crippen LogP contribution in [0.25, 0.3) is 0 Å². The van der Waals surface area contributed by atoms with Crippen molar-refractivity contribution >= 4 is 11.9 Å². The Labute approximate surface area is 123 Å². The first-order valence-electron chi connectivity index (χ1n) is 6.79. The van der Waals surface area contributed by atoms with E-state index in [1.807, 2.05) is 6.92 Å². The minimum Gasteiger partial charge on any atom is -0.493 e. The van der Waals surface area contributed by atoms with E-state index in [9.17, 15) is 14.0 Å². The third-order valence-electron chi connectivity index (χ3n) is 2.93. The molecule has 5 nitrogen and oxygen atoms in total. The van der Waals surface area contributed by atoms with Crippen LogP contribution in [0, 0.1) is 5.82 Å². The molecule has 1 aromatic rings. The Bertz CT molecular complexity index is 478. The summed E-state index contributed by atoms with van der Waals surface area (Å²) in [6.07, 6.45) is 0.340. The number of nitrogens with zero attached hydrogens (tertiary/aromatic N) is 1. The molecule has 0 saturated heterocycles. The lowest BCUT2D eigenvalue weighted by Gasteiger charge is -2.20. The Balaban J connectivity index is 2.35. The highest BCUT2D eigenvalue weighted by Crippen LogP contribution is 2.12. The summed E-state index contributed by atoms with van der Waals surface area (Å²) in [6, 6.07) is 5.76. The zero-order chi connectivity index (χ0) is 15.7. The van der Waals surface area contributed by atoms with E-state index in [0.29, 0.717) is 18.8 Å². The van der Waals surface area contributed by atoms with E-state index in [0.717, 1.165) is 0 Å². The molecule has 6 heteroatoms. The Morgan fingerprint density at radius 2 is 2.05 bits per heavy atom. The molecule has 0 heterocycles. The first-order chi connectivity index (χ1) is 10.1. The van der Waals surface area contributed by atoms with Crippen LogP contribution in [0.3, 0.4) is 0 Å². The topological polar surface area (TPSA) is 55.8 Å². The summed E-state index contributed by atoms with van der Waals surface area (Å²) in [4.78, 5) is 24.6. The van der Waals surface area contributed by atoms with Crippen LogP contribution in [0.1, 0.15) is 19.8 Å². The van der Waals surface area contributed by atoms with Gasteiger partial charge in [0.25, 0.3) is 0 Å². The van der Waals surface area contributed by atoms with E-state index in [1.54, 1.807) is 17.0 Å². The van der Waals surface area contributed by atoms with Crippen LogP contribution in [0.5, 0.6) is 5.75 Å². The van der Waals surface area contributed by atoms with E-state index in [2.05, 4.69) is 4.74 Å². The molecular weight excluding hydrogens is 277 g/mol. The molecule has 1 rings (SSSR count). The van der Waals surface area contributed by atoms with Crippen molar-refractivity contribution < 1.29 is 23.5 Å². The van der Waals surface area contributed by atoms with E-state index in [4.69, 9.17) is 4.74 Å². The molecule has 0 aliphatic heterocycles. The second-order valence-electron chi connectivity index (χ2n) is 4.36. The van der Waals surface area contributed by atoms with Gasteiger partial charge in [0.15, 0.2) is 0 Å². The largest absolute Gasteiger partial charge is 0.493 e. The van der Waals surface area contributed by atoms with E-state index >= 15 is 0 Å². The van der Waals surface area contributed by atoms with Crippen LogP contribution in [0.4, 0.5) is 4.39 Å². The van der Waals surface area contributed by atoms with Crippen LogP contribution in [0.2, 0.25) is 0 Å². The van der Waals surface area contributed by atoms with Gasteiger partial charge in [0, 0.05) is 19.2 Å². The standard InChI is InChI=1S/C15H20FNO4/c1-3-17(9-7-15(19)20-2)14(18)8-10-21-13-6-4-5-12(16)11-13/h4-6,11H,3,7-10H2,1-2H3. The van der Waals surface area contributed by atoms with E-state index < -0.39 is 0 Å². The molecule has 0 unspecified atom stereocenters. The number of carbonyl (C=O) groups excluding carboxylic acids is 2. The zero-order valence-corrected chi connectivity index (χ0v) is 12.3. The zero-order valence-electron chi connectivity index (χ0n) is 12.3. The molecule has 0 spiro atoms. The summed E-state index contributed by atoms with van der Waals surface area (Å²) in [6.45, 7) is 2.83. The van der Waals surface area contributed by atoms with Crippen molar-refractivity contribution in [3.8, 4) is 5.75 Å². The molecule has 0 fully saturated rings. The number of ether oxygens (including phenoxy) is 2. The first kappa shape index (κ1) is 16.9. The quantitative estimate of drug-likeness (QED) is 0.689. The van der Waals surface area contributed by atoms with Crippen molar-refractivity contribution in [1.29, 1.82) is 0 Å². The van der Waals surface area contributed by atoms with Crippen molar-refractivity contribution in [2.24, 2.45) is 0 Å². The van der Waals surface area contributed by atoms with E-state index in [-0.39, 0.29) is 37.1 Å². The predicted octanol–water partition coefficient (Wildman–Crippen LogP) is 2.01. The molecule has 116 valence electrons. The smallest absolute Gasteiger partial charge is 0.307 e. The Kier molecular flexibility index (Phi) is 7.21. The van der Waals surface area contributed by atoms with Crippen LogP contribution in [0.15, 0.2) is 24.3 Å². The van der Waals surface area contributed by atoms with Crippen LogP contribution < -0.4 is 4.74 Å². The number of carbonyl (C=O) groups is 2. The monoisotopic (exact) mass is 297 g/mol. The van der Waals surface area contributed by atoms with Gasteiger partial charge in [-0.2, -0.15) is 0 Å². The number of amides is 1. The van der Waals surface area contributed by atoms with Crippen molar-refractivity contribution in [2.75, 3.05) is 26.8 Å². The van der Waals surface area contributed by atoms with Crippen molar-refractivity contribution in [3.63, 3.8) is 0 Å². The van der Waals surface area contributed by atoms with Gasteiger partial charge in [-0.15, -0.1) is 0 Å². The molecule has 21 heavy (non-hydrogen) atoms. The maximum absolute atomic E-state index is 12.9. The minimum absolute atomic E-state index is 0.113. The molecule has 0 aliphatic rings. The Hall–Kier alpha value is -2.11. The molecule has 0 bridgehead atoms. The highest BCUT2D eigenvalue weighted by molar-refractivity contribution is 5.77. The lowest BCUT2D eigenvalue weighted by molar-refractivity contribution is -0.141. The lowest BCUT2D eigenvalue weighted by Crippen LogP contribution is -2.33. The normalized spacial score (nSPS) is 10.0. The summed E-state index contributed by atoms with van der Waals surface area (Å²) in [5.74, 6) is -0.456. The molecule has 0 atom stereocenters. The molecule has 0 aromatic heterocycles. The molecule has 0 saturated carbocycles. The van der Waals surface area contributed by atoms with E-state index in [1.165, 1.54) is 19.2 Å². The van der Waals surface area contributed by atoms with Crippen molar-refractivity contribution in [1.82, 2.24) is 4.90 Å². The SMILES string of the molecule is CCN(CCC(=O)OC)C(=O)CCOc1cccc(F)c1. The summed E-state index contributed by atoms with van der Waals surface area (Å²) < 4.78 is 22.8. The number of esters is 1. The maximum atomic E-state index is 12.9. The number of methoxy groups -OCH3 is 1. The molecule has 1 aromatic carbocycles. The highest BCUT2D eigenvalue weighted by atomic mass is 19.1. The third-order valence-corrected chi connectivity index (χ3v) is 2.93. The average molecular weight is 297 g/mol. The minimum atomic E-state index is -0.382. The van der Waals surface area contributed by atoms with Crippen LogP contribution in [-0.4, -0.2) is 43.6 Å².